The zero-order chi connectivity index (χ0) is 15.7. The minimum atomic E-state index is -4.69. The van der Waals surface area contributed by atoms with E-state index < -0.39 is 6.36 Å². The van der Waals surface area contributed by atoms with Gasteiger partial charge in [0.2, 0.25) is 0 Å². The molecule has 0 aromatic heterocycles. The van der Waals surface area contributed by atoms with Crippen LogP contribution in [0.15, 0.2) is 22.7 Å². The number of benzene rings is 1. The van der Waals surface area contributed by atoms with Gasteiger partial charge in [0.25, 0.3) is 0 Å². The number of piperidine rings is 1. The van der Waals surface area contributed by atoms with E-state index in [9.17, 15) is 13.2 Å². The van der Waals surface area contributed by atoms with E-state index in [4.69, 9.17) is 0 Å². The summed E-state index contributed by atoms with van der Waals surface area (Å²) in [5.41, 5.74) is 0.400. The molecule has 2 fully saturated rings. The normalized spacial score (nSPS) is 25.8. The van der Waals surface area contributed by atoms with Crippen LogP contribution in [-0.4, -0.2) is 36.4 Å². The third-order valence-corrected chi connectivity index (χ3v) is 4.84. The molecule has 3 nitrogen and oxygen atoms in total. The van der Waals surface area contributed by atoms with E-state index in [2.05, 4.69) is 30.9 Å². The zero-order valence-corrected chi connectivity index (χ0v) is 13.6. The van der Waals surface area contributed by atoms with Crippen molar-refractivity contribution in [3.63, 3.8) is 0 Å². The molecule has 1 aromatic rings. The number of hydrogen-bond acceptors (Lipinski definition) is 3. The first-order valence-electron chi connectivity index (χ1n) is 7.46. The van der Waals surface area contributed by atoms with Crippen LogP contribution in [0.4, 0.5) is 18.9 Å². The van der Waals surface area contributed by atoms with Crippen LogP contribution in [0.1, 0.15) is 25.7 Å². The van der Waals surface area contributed by atoms with Gasteiger partial charge in [0.15, 0.2) is 5.75 Å². The Morgan fingerprint density at radius 1 is 1.23 bits per heavy atom. The predicted molar refractivity (Wildman–Crippen MR) is 82.1 cm³/mol. The Balaban J connectivity index is 1.71. The van der Waals surface area contributed by atoms with Gasteiger partial charge in [0, 0.05) is 23.1 Å². The molecule has 1 N–H and O–H groups in total. The van der Waals surface area contributed by atoms with Gasteiger partial charge in [-0.05, 0) is 50.4 Å². The number of ether oxygens (including phenoxy) is 1. The van der Waals surface area contributed by atoms with Gasteiger partial charge in [-0.15, -0.1) is 13.2 Å². The van der Waals surface area contributed by atoms with E-state index in [0.717, 1.165) is 25.9 Å². The van der Waals surface area contributed by atoms with Crippen molar-refractivity contribution in [2.75, 3.05) is 18.4 Å². The van der Waals surface area contributed by atoms with Crippen LogP contribution in [0.2, 0.25) is 0 Å². The van der Waals surface area contributed by atoms with Gasteiger partial charge >= 0.3 is 6.36 Å². The van der Waals surface area contributed by atoms with Crippen molar-refractivity contribution in [2.45, 2.75) is 44.1 Å². The second kappa shape index (κ2) is 6.28. The lowest BCUT2D eigenvalue weighted by Gasteiger charge is -2.35. The second-order valence-electron chi connectivity index (χ2n) is 5.89. The highest BCUT2D eigenvalue weighted by molar-refractivity contribution is 9.10. The van der Waals surface area contributed by atoms with Crippen molar-refractivity contribution in [1.29, 1.82) is 0 Å². The standard InChI is InChI=1S/C15H18BrF3N2O/c16-10-3-4-13(14(8-10)22-15(17,18)19)20-11-5-7-21-6-1-2-12(21)9-11/h3-4,8,11-12,20H,1-2,5-7,9H2/t11-,12+/m1/s1. The second-order valence-corrected chi connectivity index (χ2v) is 6.80. The highest BCUT2D eigenvalue weighted by Crippen LogP contribution is 2.35. The third kappa shape index (κ3) is 3.87. The lowest BCUT2D eigenvalue weighted by Crippen LogP contribution is -2.42. The summed E-state index contributed by atoms with van der Waals surface area (Å²) in [6, 6.07) is 5.45. The summed E-state index contributed by atoms with van der Waals surface area (Å²) in [7, 11) is 0. The number of fused-ring (bicyclic) bond motifs is 1. The molecular formula is C15H18BrF3N2O. The highest BCUT2D eigenvalue weighted by atomic mass is 79.9. The Kier molecular flexibility index (Phi) is 4.54. The Morgan fingerprint density at radius 3 is 2.82 bits per heavy atom. The van der Waals surface area contributed by atoms with Crippen LogP contribution in [0.25, 0.3) is 0 Å². The molecule has 2 heterocycles. The summed E-state index contributed by atoms with van der Waals surface area (Å²) < 4.78 is 42.3. The summed E-state index contributed by atoms with van der Waals surface area (Å²) in [6.07, 6.45) is -0.367. The van der Waals surface area contributed by atoms with Gasteiger partial charge in [-0.3, -0.25) is 0 Å². The lowest BCUT2D eigenvalue weighted by atomic mass is 9.97. The van der Waals surface area contributed by atoms with Crippen molar-refractivity contribution in [3.8, 4) is 5.75 Å². The fourth-order valence-electron chi connectivity index (χ4n) is 3.40. The van der Waals surface area contributed by atoms with E-state index in [1.54, 1.807) is 12.1 Å². The first-order chi connectivity index (χ1) is 10.4. The van der Waals surface area contributed by atoms with E-state index in [1.807, 2.05) is 0 Å². The summed E-state index contributed by atoms with van der Waals surface area (Å²) in [4.78, 5) is 2.48. The SMILES string of the molecule is FC(F)(F)Oc1cc(Br)ccc1N[C@@H]1CCN2CCC[C@H]2C1. The van der Waals surface area contributed by atoms with Crippen LogP contribution >= 0.6 is 15.9 Å². The molecule has 122 valence electrons. The van der Waals surface area contributed by atoms with Gasteiger partial charge in [0.1, 0.15) is 0 Å². The molecule has 0 spiro atoms. The number of nitrogens with zero attached hydrogens (tertiary/aromatic N) is 1. The van der Waals surface area contributed by atoms with Crippen molar-refractivity contribution < 1.29 is 17.9 Å². The van der Waals surface area contributed by atoms with Crippen LogP contribution in [-0.2, 0) is 0 Å². The Labute approximate surface area is 135 Å². The summed E-state index contributed by atoms with van der Waals surface area (Å²) in [5, 5.41) is 3.24. The Bertz CT molecular complexity index is 538. The van der Waals surface area contributed by atoms with Gasteiger partial charge in [0.05, 0.1) is 5.69 Å². The fourth-order valence-corrected chi connectivity index (χ4v) is 3.74. The molecule has 0 bridgehead atoms. The molecule has 3 rings (SSSR count). The van der Waals surface area contributed by atoms with Gasteiger partial charge in [-0.25, -0.2) is 0 Å². The van der Waals surface area contributed by atoms with Crippen LogP contribution in [0, 0.1) is 0 Å². The number of nitrogens with one attached hydrogen (secondary N) is 1. The first-order valence-corrected chi connectivity index (χ1v) is 8.26. The number of halogens is 4. The molecule has 0 radical (unpaired) electrons. The average molecular weight is 379 g/mol. The maximum atomic E-state index is 12.5. The monoisotopic (exact) mass is 378 g/mol. The predicted octanol–water partition coefficient (Wildman–Crippen LogP) is 4.39. The number of alkyl halides is 3. The highest BCUT2D eigenvalue weighted by Gasteiger charge is 2.34. The largest absolute Gasteiger partial charge is 0.573 e. The Hall–Kier alpha value is -0.950. The molecule has 2 saturated heterocycles. The summed E-state index contributed by atoms with van der Waals surface area (Å²) in [5.74, 6) is -0.185. The molecule has 0 amide bonds. The maximum absolute atomic E-state index is 12.5. The lowest BCUT2D eigenvalue weighted by molar-refractivity contribution is -0.274. The van der Waals surface area contributed by atoms with Crippen molar-refractivity contribution in [2.24, 2.45) is 0 Å². The molecule has 1 aromatic carbocycles. The quantitative estimate of drug-likeness (QED) is 0.844. The zero-order valence-electron chi connectivity index (χ0n) is 12.0. The van der Waals surface area contributed by atoms with Crippen LogP contribution in [0.3, 0.4) is 0 Å². The minimum Gasteiger partial charge on any atom is -0.404 e. The number of anilines is 1. The number of hydrogen-bond donors (Lipinski definition) is 1. The summed E-state index contributed by atoms with van der Waals surface area (Å²) >= 11 is 3.18. The fraction of sp³-hybridized carbons (Fsp3) is 0.600. The van der Waals surface area contributed by atoms with E-state index >= 15 is 0 Å². The molecule has 22 heavy (non-hydrogen) atoms. The van der Waals surface area contributed by atoms with Crippen molar-refractivity contribution >= 4 is 21.6 Å². The molecule has 0 saturated carbocycles. The molecule has 2 aliphatic heterocycles. The smallest absolute Gasteiger partial charge is 0.404 e. The van der Waals surface area contributed by atoms with Crippen LogP contribution < -0.4 is 10.1 Å². The number of rotatable bonds is 3. The first kappa shape index (κ1) is 15.9. The molecule has 0 unspecified atom stereocenters. The average Bonchev–Trinajstić information content (AvgIpc) is 2.87. The van der Waals surface area contributed by atoms with Gasteiger partial charge in [-0.1, -0.05) is 15.9 Å². The molecular weight excluding hydrogens is 361 g/mol. The van der Waals surface area contributed by atoms with E-state index in [1.165, 1.54) is 18.9 Å². The van der Waals surface area contributed by atoms with E-state index in [-0.39, 0.29) is 11.8 Å². The van der Waals surface area contributed by atoms with Gasteiger partial charge < -0.3 is 15.0 Å². The molecule has 0 aliphatic carbocycles. The molecule has 7 heteroatoms. The van der Waals surface area contributed by atoms with Crippen molar-refractivity contribution in [3.05, 3.63) is 22.7 Å². The minimum absolute atomic E-state index is 0.185. The van der Waals surface area contributed by atoms with Crippen molar-refractivity contribution in [1.82, 2.24) is 4.90 Å². The topological polar surface area (TPSA) is 24.5 Å². The van der Waals surface area contributed by atoms with Crippen LogP contribution in [0.5, 0.6) is 5.75 Å². The molecule has 2 atom stereocenters. The Morgan fingerprint density at radius 2 is 2.05 bits per heavy atom. The molecule has 2 aliphatic rings. The third-order valence-electron chi connectivity index (χ3n) is 4.35. The summed E-state index contributed by atoms with van der Waals surface area (Å²) in [6.45, 7) is 2.16. The maximum Gasteiger partial charge on any atom is 0.573 e. The van der Waals surface area contributed by atoms with E-state index in [0.29, 0.717) is 16.2 Å². The van der Waals surface area contributed by atoms with Gasteiger partial charge in [-0.2, -0.15) is 0 Å².